The van der Waals surface area contributed by atoms with Gasteiger partial charge in [-0.15, -0.1) is 0 Å². The molecule has 7 heteroatoms. The van der Waals surface area contributed by atoms with E-state index in [4.69, 9.17) is 4.74 Å². The standard InChI is InChI=1S/C24H26N2O4S/c1-17-7-13-22(14-8-17)31(28,29)26-21-11-9-20(10-12-21)24(27)25-15-16-30-23-6-4-5-18(2)19(23)3/h4-14,26H,15-16H2,1-3H3,(H,25,27). The van der Waals surface area contributed by atoms with E-state index in [1.54, 1.807) is 48.5 Å². The second-order valence-electron chi connectivity index (χ2n) is 7.30. The van der Waals surface area contributed by atoms with Gasteiger partial charge in [0.05, 0.1) is 11.4 Å². The number of sulfonamides is 1. The van der Waals surface area contributed by atoms with Crippen molar-refractivity contribution in [1.29, 1.82) is 0 Å². The molecular weight excluding hydrogens is 412 g/mol. The number of benzene rings is 3. The van der Waals surface area contributed by atoms with Crippen molar-refractivity contribution in [1.82, 2.24) is 5.32 Å². The minimum absolute atomic E-state index is 0.184. The Morgan fingerprint density at radius 3 is 2.26 bits per heavy atom. The molecule has 31 heavy (non-hydrogen) atoms. The summed E-state index contributed by atoms with van der Waals surface area (Å²) in [6.45, 7) is 6.62. The van der Waals surface area contributed by atoms with Crippen molar-refractivity contribution in [2.24, 2.45) is 0 Å². The molecule has 0 aliphatic rings. The lowest BCUT2D eigenvalue weighted by atomic mass is 10.1. The van der Waals surface area contributed by atoms with Crippen LogP contribution in [0.15, 0.2) is 71.6 Å². The van der Waals surface area contributed by atoms with Crippen molar-refractivity contribution in [3.63, 3.8) is 0 Å². The fraction of sp³-hybridized carbons (Fsp3) is 0.208. The molecule has 3 aromatic carbocycles. The van der Waals surface area contributed by atoms with Crippen LogP contribution in [0.3, 0.4) is 0 Å². The Morgan fingerprint density at radius 2 is 1.58 bits per heavy atom. The van der Waals surface area contributed by atoms with Gasteiger partial charge < -0.3 is 10.1 Å². The molecule has 0 spiro atoms. The first-order valence-electron chi connectivity index (χ1n) is 9.93. The van der Waals surface area contributed by atoms with Gasteiger partial charge in [-0.05, 0) is 74.4 Å². The predicted octanol–water partition coefficient (Wildman–Crippen LogP) is 4.22. The van der Waals surface area contributed by atoms with Gasteiger partial charge in [0.2, 0.25) is 0 Å². The van der Waals surface area contributed by atoms with Crippen LogP contribution < -0.4 is 14.8 Å². The molecule has 162 valence electrons. The lowest BCUT2D eigenvalue weighted by Crippen LogP contribution is -2.28. The zero-order valence-electron chi connectivity index (χ0n) is 17.8. The summed E-state index contributed by atoms with van der Waals surface area (Å²) < 4.78 is 33.2. The van der Waals surface area contributed by atoms with Gasteiger partial charge in [-0.2, -0.15) is 0 Å². The van der Waals surface area contributed by atoms with E-state index in [1.807, 2.05) is 39.0 Å². The van der Waals surface area contributed by atoms with Crippen LogP contribution in [0.4, 0.5) is 5.69 Å². The van der Waals surface area contributed by atoms with Crippen LogP contribution in [0, 0.1) is 20.8 Å². The van der Waals surface area contributed by atoms with E-state index in [0.717, 1.165) is 22.4 Å². The van der Waals surface area contributed by atoms with E-state index < -0.39 is 10.0 Å². The quantitative estimate of drug-likeness (QED) is 0.516. The molecule has 2 N–H and O–H groups in total. The maximum Gasteiger partial charge on any atom is 0.261 e. The average molecular weight is 439 g/mol. The first-order chi connectivity index (χ1) is 14.8. The summed E-state index contributed by atoms with van der Waals surface area (Å²) >= 11 is 0. The molecule has 3 aromatic rings. The smallest absolute Gasteiger partial charge is 0.261 e. The number of aryl methyl sites for hydroxylation is 2. The summed E-state index contributed by atoms with van der Waals surface area (Å²) in [4.78, 5) is 12.5. The molecule has 0 fully saturated rings. The van der Waals surface area contributed by atoms with E-state index in [-0.39, 0.29) is 10.8 Å². The maximum atomic E-state index is 12.5. The second kappa shape index (κ2) is 9.66. The number of hydrogen-bond acceptors (Lipinski definition) is 4. The molecule has 0 heterocycles. The van der Waals surface area contributed by atoms with Crippen LogP contribution >= 0.6 is 0 Å². The molecular formula is C24H26N2O4S. The molecule has 0 aliphatic carbocycles. The number of carbonyl (C=O) groups is 1. The molecule has 0 saturated carbocycles. The van der Waals surface area contributed by atoms with Crippen molar-refractivity contribution in [3.8, 4) is 5.75 Å². The Morgan fingerprint density at radius 1 is 0.903 bits per heavy atom. The minimum Gasteiger partial charge on any atom is -0.491 e. The van der Waals surface area contributed by atoms with E-state index in [1.165, 1.54) is 0 Å². The largest absolute Gasteiger partial charge is 0.491 e. The second-order valence-corrected chi connectivity index (χ2v) is 8.98. The molecule has 0 aliphatic heterocycles. The Labute approximate surface area is 183 Å². The molecule has 0 saturated heterocycles. The van der Waals surface area contributed by atoms with Crippen molar-refractivity contribution < 1.29 is 17.9 Å². The number of hydrogen-bond donors (Lipinski definition) is 2. The summed E-state index contributed by atoms with van der Waals surface area (Å²) in [5.41, 5.74) is 4.03. The first-order valence-corrected chi connectivity index (χ1v) is 11.4. The van der Waals surface area contributed by atoms with Gasteiger partial charge in [-0.1, -0.05) is 29.8 Å². The zero-order valence-corrected chi connectivity index (χ0v) is 18.6. The SMILES string of the molecule is Cc1ccc(S(=O)(=O)Nc2ccc(C(=O)NCCOc3cccc(C)c3C)cc2)cc1. The van der Waals surface area contributed by atoms with E-state index >= 15 is 0 Å². The van der Waals surface area contributed by atoms with Gasteiger partial charge in [-0.25, -0.2) is 8.42 Å². The third-order valence-electron chi connectivity index (χ3n) is 4.93. The lowest BCUT2D eigenvalue weighted by Gasteiger charge is -2.12. The van der Waals surface area contributed by atoms with Crippen LogP contribution in [0.1, 0.15) is 27.0 Å². The molecule has 6 nitrogen and oxygen atoms in total. The monoisotopic (exact) mass is 438 g/mol. The minimum atomic E-state index is -3.68. The number of amides is 1. The Bertz CT molecular complexity index is 1160. The average Bonchev–Trinajstić information content (AvgIpc) is 2.74. The molecule has 0 unspecified atom stereocenters. The number of anilines is 1. The predicted molar refractivity (Wildman–Crippen MR) is 122 cm³/mol. The van der Waals surface area contributed by atoms with Crippen molar-refractivity contribution in [2.45, 2.75) is 25.7 Å². The van der Waals surface area contributed by atoms with Gasteiger partial charge in [-0.3, -0.25) is 9.52 Å². The Balaban J connectivity index is 1.52. The van der Waals surface area contributed by atoms with Gasteiger partial charge in [0.15, 0.2) is 0 Å². The number of nitrogens with one attached hydrogen (secondary N) is 2. The normalized spacial score (nSPS) is 11.1. The maximum absolute atomic E-state index is 12.5. The highest BCUT2D eigenvalue weighted by Crippen LogP contribution is 2.20. The topological polar surface area (TPSA) is 84.5 Å². The van der Waals surface area contributed by atoms with Gasteiger partial charge >= 0.3 is 0 Å². The number of rotatable bonds is 8. The number of carbonyl (C=O) groups excluding carboxylic acids is 1. The van der Waals surface area contributed by atoms with Gasteiger partial charge in [0, 0.05) is 11.3 Å². The van der Waals surface area contributed by atoms with E-state index in [2.05, 4.69) is 10.0 Å². The summed E-state index contributed by atoms with van der Waals surface area (Å²) in [7, 11) is -3.68. The van der Waals surface area contributed by atoms with Crippen LogP contribution in [0.2, 0.25) is 0 Å². The van der Waals surface area contributed by atoms with Crippen molar-refractivity contribution >= 4 is 21.6 Å². The molecule has 0 atom stereocenters. The third kappa shape index (κ3) is 5.86. The number of ether oxygens (including phenoxy) is 1. The lowest BCUT2D eigenvalue weighted by molar-refractivity contribution is 0.0947. The highest BCUT2D eigenvalue weighted by molar-refractivity contribution is 7.92. The molecule has 0 radical (unpaired) electrons. The summed E-state index contributed by atoms with van der Waals surface area (Å²) in [5, 5.41) is 2.80. The zero-order chi connectivity index (χ0) is 22.4. The summed E-state index contributed by atoms with van der Waals surface area (Å²) in [6, 6.07) is 18.7. The Kier molecular flexibility index (Phi) is 6.97. The van der Waals surface area contributed by atoms with Crippen molar-refractivity contribution in [3.05, 3.63) is 89.0 Å². The summed E-state index contributed by atoms with van der Waals surface area (Å²) in [6.07, 6.45) is 0. The van der Waals surface area contributed by atoms with Crippen LogP contribution in [0.25, 0.3) is 0 Å². The van der Waals surface area contributed by atoms with Crippen LogP contribution in [0.5, 0.6) is 5.75 Å². The van der Waals surface area contributed by atoms with Crippen LogP contribution in [-0.4, -0.2) is 27.5 Å². The van der Waals surface area contributed by atoms with Gasteiger partial charge in [0.1, 0.15) is 12.4 Å². The van der Waals surface area contributed by atoms with Gasteiger partial charge in [0.25, 0.3) is 15.9 Å². The molecule has 0 bridgehead atoms. The summed E-state index contributed by atoms with van der Waals surface area (Å²) in [5.74, 6) is 0.553. The first kappa shape index (κ1) is 22.4. The fourth-order valence-corrected chi connectivity index (χ4v) is 3.99. The third-order valence-corrected chi connectivity index (χ3v) is 6.33. The highest BCUT2D eigenvalue weighted by atomic mass is 32.2. The molecule has 3 rings (SSSR count). The van der Waals surface area contributed by atoms with Crippen molar-refractivity contribution in [2.75, 3.05) is 17.9 Å². The highest BCUT2D eigenvalue weighted by Gasteiger charge is 2.14. The molecule has 1 amide bonds. The fourth-order valence-electron chi connectivity index (χ4n) is 2.93. The molecule has 0 aromatic heterocycles. The van der Waals surface area contributed by atoms with E-state index in [0.29, 0.717) is 24.4 Å². The van der Waals surface area contributed by atoms with Crippen LogP contribution in [-0.2, 0) is 10.0 Å². The van der Waals surface area contributed by atoms with E-state index in [9.17, 15) is 13.2 Å². The Hall–Kier alpha value is -3.32.